The van der Waals surface area contributed by atoms with Crippen molar-refractivity contribution in [1.82, 2.24) is 20.0 Å². The fraction of sp³-hybridized carbons (Fsp3) is 0.208. The summed E-state index contributed by atoms with van der Waals surface area (Å²) in [5, 5.41) is 13.5. The van der Waals surface area contributed by atoms with Gasteiger partial charge in [0.05, 0.1) is 29.5 Å². The van der Waals surface area contributed by atoms with Gasteiger partial charge in [-0.05, 0) is 49.7 Å². The third kappa shape index (κ3) is 4.17. The van der Waals surface area contributed by atoms with Crippen molar-refractivity contribution in [3.8, 4) is 0 Å². The maximum Gasteiger partial charge on any atom is 0.299 e. The molecule has 1 amide bonds. The molecule has 0 saturated heterocycles. The molecular formula is C24H21ClN6O2. The monoisotopic (exact) mass is 460 g/mol. The van der Waals surface area contributed by atoms with Gasteiger partial charge in [-0.1, -0.05) is 28.4 Å². The lowest BCUT2D eigenvalue weighted by Crippen LogP contribution is -2.29. The molecule has 0 fully saturated rings. The number of nitrogens with one attached hydrogen (secondary N) is 1. The number of hydrogen-bond acceptors (Lipinski definition) is 6. The minimum absolute atomic E-state index is 0.213. The van der Waals surface area contributed by atoms with Crippen molar-refractivity contribution < 1.29 is 9.59 Å². The number of nitrogens with zero attached hydrogens (tertiary/aromatic N) is 5. The molecule has 8 nitrogen and oxygen atoms in total. The van der Waals surface area contributed by atoms with Gasteiger partial charge in [0, 0.05) is 35.4 Å². The second-order valence-corrected chi connectivity index (χ2v) is 8.45. The van der Waals surface area contributed by atoms with E-state index >= 15 is 0 Å². The van der Waals surface area contributed by atoms with Crippen molar-refractivity contribution in [2.75, 3.05) is 16.8 Å². The number of carbonyl (C=O) groups is 2. The molecule has 0 atom stereocenters. The molecule has 0 aliphatic carbocycles. The maximum absolute atomic E-state index is 12.4. The summed E-state index contributed by atoms with van der Waals surface area (Å²) in [5.74, 6) is -1.00. The first-order valence-corrected chi connectivity index (χ1v) is 11.0. The Morgan fingerprint density at radius 2 is 1.97 bits per heavy atom. The largest absolute Gasteiger partial charge is 0.384 e. The van der Waals surface area contributed by atoms with Crippen LogP contribution in [0.5, 0.6) is 0 Å². The highest BCUT2D eigenvalue weighted by atomic mass is 35.5. The van der Waals surface area contributed by atoms with Crippen molar-refractivity contribution in [3.05, 3.63) is 76.7 Å². The van der Waals surface area contributed by atoms with Crippen LogP contribution in [-0.2, 0) is 17.9 Å². The summed E-state index contributed by atoms with van der Waals surface area (Å²) in [4.78, 5) is 30.6. The van der Waals surface area contributed by atoms with E-state index in [4.69, 9.17) is 11.6 Å². The smallest absolute Gasteiger partial charge is 0.299 e. The van der Waals surface area contributed by atoms with Crippen molar-refractivity contribution in [2.24, 2.45) is 0 Å². The number of benzene rings is 2. The zero-order chi connectivity index (χ0) is 22.9. The molecule has 33 heavy (non-hydrogen) atoms. The lowest BCUT2D eigenvalue weighted by atomic mass is 10.1. The Balaban J connectivity index is 1.19. The van der Waals surface area contributed by atoms with Gasteiger partial charge in [-0.15, -0.1) is 5.10 Å². The zero-order valence-corrected chi connectivity index (χ0v) is 18.7. The SMILES string of the molecule is Cc1ccc2c(c1)C(=O)C(=O)N2Cc1cn(CCCNc2ccnc3cc(Cl)ccc23)nn1. The van der Waals surface area contributed by atoms with Gasteiger partial charge in [-0.3, -0.25) is 24.2 Å². The highest BCUT2D eigenvalue weighted by molar-refractivity contribution is 6.52. The highest BCUT2D eigenvalue weighted by Crippen LogP contribution is 2.30. The Kier molecular flexibility index (Phi) is 5.51. The van der Waals surface area contributed by atoms with Crippen LogP contribution in [0.25, 0.3) is 10.9 Å². The number of Topliss-reactive ketones (excluding diaryl/α,β-unsaturated/α-hetero) is 1. The number of aryl methyl sites for hydroxylation is 2. The first-order valence-electron chi connectivity index (χ1n) is 10.6. The Bertz CT molecular complexity index is 1380. The van der Waals surface area contributed by atoms with Gasteiger partial charge in [0.1, 0.15) is 5.69 Å². The van der Waals surface area contributed by atoms with Gasteiger partial charge in [0.2, 0.25) is 0 Å². The predicted molar refractivity (Wildman–Crippen MR) is 127 cm³/mol. The van der Waals surface area contributed by atoms with Gasteiger partial charge in [0.25, 0.3) is 11.7 Å². The molecule has 3 heterocycles. The number of anilines is 2. The van der Waals surface area contributed by atoms with Crippen molar-refractivity contribution in [3.63, 3.8) is 0 Å². The van der Waals surface area contributed by atoms with E-state index in [0.717, 1.165) is 35.1 Å². The van der Waals surface area contributed by atoms with E-state index in [1.807, 2.05) is 43.5 Å². The molecule has 1 aliphatic rings. The van der Waals surface area contributed by atoms with E-state index in [1.165, 1.54) is 4.90 Å². The second kappa shape index (κ2) is 8.63. The molecule has 2 aromatic heterocycles. The van der Waals surface area contributed by atoms with Crippen molar-refractivity contribution >= 4 is 45.6 Å². The van der Waals surface area contributed by atoms with Crippen LogP contribution < -0.4 is 10.2 Å². The molecule has 0 bridgehead atoms. The minimum Gasteiger partial charge on any atom is -0.384 e. The molecular weight excluding hydrogens is 440 g/mol. The quantitative estimate of drug-likeness (QED) is 0.331. The molecule has 1 aliphatic heterocycles. The van der Waals surface area contributed by atoms with E-state index in [0.29, 0.717) is 28.5 Å². The number of aromatic nitrogens is 4. The Hall–Kier alpha value is -3.78. The number of rotatable bonds is 7. The second-order valence-electron chi connectivity index (χ2n) is 8.01. The average Bonchev–Trinajstić information content (AvgIpc) is 3.35. The summed E-state index contributed by atoms with van der Waals surface area (Å²) < 4.78 is 1.75. The topological polar surface area (TPSA) is 93.0 Å². The molecule has 0 spiro atoms. The zero-order valence-electron chi connectivity index (χ0n) is 18.0. The third-order valence-corrected chi connectivity index (χ3v) is 5.85. The van der Waals surface area contributed by atoms with Crippen molar-refractivity contribution in [1.29, 1.82) is 0 Å². The first-order chi connectivity index (χ1) is 16.0. The summed E-state index contributed by atoms with van der Waals surface area (Å²) >= 11 is 6.05. The van der Waals surface area contributed by atoms with Crippen LogP contribution in [0.15, 0.2) is 54.9 Å². The minimum atomic E-state index is -0.528. The standard InChI is InChI=1S/C24H21ClN6O2/c1-15-3-6-22-19(11-15)23(32)24(33)31(22)14-17-13-30(29-28-17)10-2-8-26-20-7-9-27-21-12-16(25)4-5-18(20)21/h3-7,9,11-13H,2,8,10,14H2,1H3,(H,26,27). The number of carbonyl (C=O) groups excluding carboxylic acids is 2. The lowest BCUT2D eigenvalue weighted by molar-refractivity contribution is -0.114. The van der Waals surface area contributed by atoms with Crippen LogP contribution in [-0.4, -0.2) is 38.2 Å². The van der Waals surface area contributed by atoms with Crippen LogP contribution in [0.4, 0.5) is 11.4 Å². The molecule has 9 heteroatoms. The number of hydrogen-bond donors (Lipinski definition) is 1. The Morgan fingerprint density at radius 1 is 1.09 bits per heavy atom. The van der Waals surface area contributed by atoms with Crippen LogP contribution in [0.3, 0.4) is 0 Å². The Labute approximate surface area is 195 Å². The van der Waals surface area contributed by atoms with Crippen LogP contribution in [0.2, 0.25) is 5.02 Å². The van der Waals surface area contributed by atoms with E-state index < -0.39 is 11.7 Å². The van der Waals surface area contributed by atoms with Gasteiger partial charge in [-0.2, -0.15) is 0 Å². The third-order valence-electron chi connectivity index (χ3n) is 5.62. The van der Waals surface area contributed by atoms with E-state index in [2.05, 4.69) is 20.6 Å². The number of ketones is 1. The number of amides is 1. The van der Waals surface area contributed by atoms with E-state index in [-0.39, 0.29) is 6.54 Å². The summed E-state index contributed by atoms with van der Waals surface area (Å²) in [6, 6.07) is 13.0. The summed E-state index contributed by atoms with van der Waals surface area (Å²) in [5.41, 5.74) is 4.50. The number of fused-ring (bicyclic) bond motifs is 2. The highest BCUT2D eigenvalue weighted by Gasteiger charge is 2.36. The number of halogens is 1. The number of pyridine rings is 1. The van der Waals surface area contributed by atoms with Gasteiger partial charge >= 0.3 is 0 Å². The molecule has 2 aromatic carbocycles. The molecule has 0 unspecified atom stereocenters. The van der Waals surface area contributed by atoms with Crippen LogP contribution >= 0.6 is 11.6 Å². The Morgan fingerprint density at radius 3 is 2.85 bits per heavy atom. The summed E-state index contributed by atoms with van der Waals surface area (Å²) in [6.45, 7) is 3.51. The lowest BCUT2D eigenvalue weighted by Gasteiger charge is -2.14. The van der Waals surface area contributed by atoms with E-state index in [1.54, 1.807) is 23.0 Å². The molecule has 4 aromatic rings. The van der Waals surface area contributed by atoms with Crippen molar-refractivity contribution in [2.45, 2.75) is 26.4 Å². The normalized spacial score (nSPS) is 13.1. The molecule has 166 valence electrons. The fourth-order valence-corrected chi connectivity index (χ4v) is 4.16. The first kappa shape index (κ1) is 21.1. The summed E-state index contributed by atoms with van der Waals surface area (Å²) in [6.07, 6.45) is 4.39. The van der Waals surface area contributed by atoms with Gasteiger partial charge in [0.15, 0.2) is 0 Å². The predicted octanol–water partition coefficient (Wildman–Crippen LogP) is 4.02. The molecule has 0 saturated carbocycles. The molecule has 1 N–H and O–H groups in total. The summed E-state index contributed by atoms with van der Waals surface area (Å²) in [7, 11) is 0. The molecule has 0 radical (unpaired) electrons. The fourth-order valence-electron chi connectivity index (χ4n) is 3.99. The van der Waals surface area contributed by atoms with Crippen LogP contribution in [0.1, 0.15) is 28.0 Å². The van der Waals surface area contributed by atoms with Gasteiger partial charge in [-0.25, -0.2) is 0 Å². The van der Waals surface area contributed by atoms with Crippen LogP contribution in [0, 0.1) is 6.92 Å². The average molecular weight is 461 g/mol. The van der Waals surface area contributed by atoms with E-state index in [9.17, 15) is 9.59 Å². The maximum atomic E-state index is 12.4. The van der Waals surface area contributed by atoms with Gasteiger partial charge < -0.3 is 5.32 Å². The molecule has 5 rings (SSSR count).